The summed E-state index contributed by atoms with van der Waals surface area (Å²) in [7, 11) is 0. The van der Waals surface area contributed by atoms with Gasteiger partial charge in [-0.3, -0.25) is 0 Å². The van der Waals surface area contributed by atoms with E-state index in [1.165, 1.54) is 0 Å². The topological polar surface area (TPSA) is 30.5 Å². The van der Waals surface area contributed by atoms with Gasteiger partial charge in [0.15, 0.2) is 11.5 Å². The van der Waals surface area contributed by atoms with E-state index in [1.54, 1.807) is 0 Å². The van der Waals surface area contributed by atoms with Crippen molar-refractivity contribution >= 4 is 23.4 Å². The molecule has 1 aliphatic rings. The third kappa shape index (κ3) is 3.46. The number of hydrogen-bond donors (Lipinski definition) is 1. The fourth-order valence-electron chi connectivity index (χ4n) is 1.87. The maximum Gasteiger partial charge on any atom is 0.179 e. The van der Waals surface area contributed by atoms with E-state index >= 15 is 0 Å². The van der Waals surface area contributed by atoms with Gasteiger partial charge in [0, 0.05) is 18.3 Å². The Labute approximate surface area is 117 Å². The summed E-state index contributed by atoms with van der Waals surface area (Å²) in [5.74, 6) is 2.52. The van der Waals surface area contributed by atoms with E-state index in [2.05, 4.69) is 18.5 Å². The fraction of sp³-hybridized carbons (Fsp3) is 0.538. The van der Waals surface area contributed by atoms with E-state index in [-0.39, 0.29) is 0 Å². The number of benzene rings is 1. The Bertz CT molecular complexity index is 414. The Balaban J connectivity index is 2.03. The predicted molar refractivity (Wildman–Crippen MR) is 77.1 cm³/mol. The molecule has 0 amide bonds. The summed E-state index contributed by atoms with van der Waals surface area (Å²) in [6.45, 7) is 4.12. The summed E-state index contributed by atoms with van der Waals surface area (Å²) < 4.78 is 11.1. The van der Waals surface area contributed by atoms with Crippen LogP contribution in [0, 0.1) is 0 Å². The molecule has 2 rings (SSSR count). The molecule has 0 fully saturated rings. The molecular weight excluding hydrogens is 270 g/mol. The van der Waals surface area contributed by atoms with Crippen molar-refractivity contribution in [3.63, 3.8) is 0 Å². The lowest BCUT2D eigenvalue weighted by molar-refractivity contribution is 0.171. The van der Waals surface area contributed by atoms with Gasteiger partial charge in [0.05, 0.1) is 5.02 Å². The van der Waals surface area contributed by atoms with Crippen LogP contribution in [0.4, 0.5) is 0 Å². The molecule has 1 N–H and O–H groups in total. The van der Waals surface area contributed by atoms with Gasteiger partial charge in [0.1, 0.15) is 13.2 Å². The molecule has 100 valence electrons. The van der Waals surface area contributed by atoms with Crippen molar-refractivity contribution in [3.05, 3.63) is 22.7 Å². The molecule has 1 unspecified atom stereocenters. The lowest BCUT2D eigenvalue weighted by Crippen LogP contribution is -2.27. The normalized spacial score (nSPS) is 15.5. The maximum atomic E-state index is 6.19. The maximum absolute atomic E-state index is 6.19. The van der Waals surface area contributed by atoms with Crippen molar-refractivity contribution in [2.75, 3.05) is 25.2 Å². The van der Waals surface area contributed by atoms with Crippen LogP contribution in [0.25, 0.3) is 0 Å². The summed E-state index contributed by atoms with van der Waals surface area (Å²) in [6, 6.07) is 4.42. The van der Waals surface area contributed by atoms with E-state index in [4.69, 9.17) is 21.1 Å². The minimum atomic E-state index is 0.479. The molecule has 0 spiro atoms. The number of nitrogens with one attached hydrogen (secondary N) is 1. The highest BCUT2D eigenvalue weighted by Crippen LogP contribution is 2.38. The summed E-state index contributed by atoms with van der Waals surface area (Å²) >= 11 is 8.02. The van der Waals surface area contributed by atoms with Gasteiger partial charge in [-0.05, 0) is 30.9 Å². The molecule has 1 heterocycles. The van der Waals surface area contributed by atoms with Crippen LogP contribution >= 0.6 is 23.4 Å². The second-order valence-corrected chi connectivity index (χ2v) is 5.66. The second-order valence-electron chi connectivity index (χ2n) is 4.34. The van der Waals surface area contributed by atoms with Crippen LogP contribution in [-0.2, 0) is 6.54 Å². The van der Waals surface area contributed by atoms with E-state index in [0.717, 1.165) is 23.6 Å². The molecule has 1 aromatic carbocycles. The van der Waals surface area contributed by atoms with Crippen LogP contribution in [0.3, 0.4) is 0 Å². The minimum absolute atomic E-state index is 0.479. The zero-order valence-corrected chi connectivity index (χ0v) is 12.2. The van der Waals surface area contributed by atoms with Gasteiger partial charge >= 0.3 is 0 Å². The predicted octanol–water partition coefficient (Wildman–Crippen LogP) is 2.95. The number of halogens is 1. The van der Waals surface area contributed by atoms with Gasteiger partial charge in [-0.25, -0.2) is 0 Å². The molecule has 1 aromatic rings. The average molecular weight is 288 g/mol. The number of rotatable bonds is 5. The lowest BCUT2D eigenvalue weighted by atomic mass is 10.2. The first-order valence-corrected chi connectivity index (χ1v) is 7.78. The largest absolute Gasteiger partial charge is 0.486 e. The van der Waals surface area contributed by atoms with Crippen LogP contribution in [0.15, 0.2) is 12.1 Å². The third-order valence-corrected chi connectivity index (χ3v) is 3.84. The number of ether oxygens (including phenoxy) is 2. The Hall–Kier alpha value is -0.580. The highest BCUT2D eigenvalue weighted by Gasteiger charge is 2.16. The van der Waals surface area contributed by atoms with Gasteiger partial charge in [-0.1, -0.05) is 11.6 Å². The second kappa shape index (κ2) is 6.55. The molecule has 0 bridgehead atoms. The van der Waals surface area contributed by atoms with Crippen LogP contribution in [-0.4, -0.2) is 31.3 Å². The first-order valence-electron chi connectivity index (χ1n) is 6.01. The average Bonchev–Trinajstić information content (AvgIpc) is 2.37. The molecule has 0 aromatic heterocycles. The SMILES string of the molecule is CSCC(C)NCc1cc(Cl)c2c(c1)OCCO2. The molecule has 0 saturated heterocycles. The van der Waals surface area contributed by atoms with E-state index in [0.29, 0.717) is 30.0 Å². The number of thioether (sulfide) groups is 1. The first kappa shape index (κ1) is 13.8. The third-order valence-electron chi connectivity index (χ3n) is 2.73. The highest BCUT2D eigenvalue weighted by molar-refractivity contribution is 7.98. The van der Waals surface area contributed by atoms with Gasteiger partial charge in [-0.2, -0.15) is 11.8 Å². The van der Waals surface area contributed by atoms with Gasteiger partial charge in [-0.15, -0.1) is 0 Å². The Morgan fingerprint density at radius 3 is 2.94 bits per heavy atom. The zero-order valence-electron chi connectivity index (χ0n) is 10.7. The summed E-state index contributed by atoms with van der Waals surface area (Å²) in [4.78, 5) is 0. The lowest BCUT2D eigenvalue weighted by Gasteiger charge is -2.21. The van der Waals surface area contributed by atoms with Crippen LogP contribution in [0.2, 0.25) is 5.02 Å². The Kier molecular flexibility index (Phi) is 5.03. The standard InChI is InChI=1S/C13H18ClNO2S/c1-9(8-18-2)15-7-10-5-11(14)13-12(6-10)16-3-4-17-13/h5-6,9,15H,3-4,7-8H2,1-2H3. The van der Waals surface area contributed by atoms with Crippen LogP contribution < -0.4 is 14.8 Å². The molecule has 5 heteroatoms. The number of hydrogen-bond acceptors (Lipinski definition) is 4. The van der Waals surface area contributed by atoms with E-state index in [1.807, 2.05) is 23.9 Å². The van der Waals surface area contributed by atoms with E-state index < -0.39 is 0 Å². The summed E-state index contributed by atoms with van der Waals surface area (Å²) in [5.41, 5.74) is 1.12. The van der Waals surface area contributed by atoms with Gasteiger partial charge < -0.3 is 14.8 Å². The Morgan fingerprint density at radius 1 is 1.39 bits per heavy atom. The first-order chi connectivity index (χ1) is 8.70. The monoisotopic (exact) mass is 287 g/mol. The summed E-state index contributed by atoms with van der Waals surface area (Å²) in [6.07, 6.45) is 2.11. The van der Waals surface area contributed by atoms with Crippen LogP contribution in [0.5, 0.6) is 11.5 Å². The molecule has 3 nitrogen and oxygen atoms in total. The van der Waals surface area contributed by atoms with Crippen molar-refractivity contribution in [1.29, 1.82) is 0 Å². The smallest absolute Gasteiger partial charge is 0.179 e. The molecule has 1 aliphatic heterocycles. The number of fused-ring (bicyclic) bond motifs is 1. The van der Waals surface area contributed by atoms with Crippen molar-refractivity contribution in [1.82, 2.24) is 5.32 Å². The van der Waals surface area contributed by atoms with Gasteiger partial charge in [0.25, 0.3) is 0 Å². The van der Waals surface area contributed by atoms with E-state index in [9.17, 15) is 0 Å². The quantitative estimate of drug-likeness (QED) is 0.902. The van der Waals surface area contributed by atoms with Crippen molar-refractivity contribution in [2.24, 2.45) is 0 Å². The molecule has 0 radical (unpaired) electrons. The molecular formula is C13H18ClNO2S. The van der Waals surface area contributed by atoms with Crippen molar-refractivity contribution in [2.45, 2.75) is 19.5 Å². The molecule has 18 heavy (non-hydrogen) atoms. The Morgan fingerprint density at radius 2 is 2.17 bits per heavy atom. The minimum Gasteiger partial charge on any atom is -0.486 e. The summed E-state index contributed by atoms with van der Waals surface area (Å²) in [5, 5.41) is 4.08. The molecule has 0 saturated carbocycles. The molecule has 0 aliphatic carbocycles. The van der Waals surface area contributed by atoms with Crippen LogP contribution in [0.1, 0.15) is 12.5 Å². The highest BCUT2D eigenvalue weighted by atomic mass is 35.5. The molecule has 1 atom stereocenters. The van der Waals surface area contributed by atoms with Crippen molar-refractivity contribution in [3.8, 4) is 11.5 Å². The van der Waals surface area contributed by atoms with Crippen molar-refractivity contribution < 1.29 is 9.47 Å². The zero-order chi connectivity index (χ0) is 13.0. The fourth-order valence-corrected chi connectivity index (χ4v) is 2.77. The van der Waals surface area contributed by atoms with Gasteiger partial charge in [0.2, 0.25) is 0 Å².